The number of rotatable bonds is 5. The average Bonchev–Trinajstić information content (AvgIpc) is 3.19. The number of benzene rings is 2. The number of anilines is 1. The van der Waals surface area contributed by atoms with Crippen LogP contribution in [-0.4, -0.2) is 32.8 Å². The Balaban J connectivity index is 0.000000596. The van der Waals surface area contributed by atoms with Crippen molar-refractivity contribution in [1.29, 1.82) is 0 Å². The standard InChI is InChI=1S/C19H19FN2O.C3H9N/c1-13(18-12-19(22(2)3)23-21-18)15-9-10-16(17(20)11-15)14-7-5-4-6-8-14;1-3-4-2/h4-13H,1-3H3;4H,3H2,1-2H3. The van der Waals surface area contributed by atoms with Crippen LogP contribution in [0.5, 0.6) is 0 Å². The average molecular weight is 369 g/mol. The van der Waals surface area contributed by atoms with Gasteiger partial charge in [0.25, 0.3) is 0 Å². The fraction of sp³-hybridized carbons (Fsp3) is 0.318. The number of hydrogen-bond acceptors (Lipinski definition) is 4. The molecular weight excluding hydrogens is 341 g/mol. The summed E-state index contributed by atoms with van der Waals surface area (Å²) in [5.74, 6) is 0.428. The summed E-state index contributed by atoms with van der Waals surface area (Å²) in [5.41, 5.74) is 3.15. The maximum Gasteiger partial charge on any atom is 0.226 e. The van der Waals surface area contributed by atoms with Gasteiger partial charge in [0, 0.05) is 31.6 Å². The Bertz CT molecular complexity index is 829. The maximum atomic E-state index is 14.5. The highest BCUT2D eigenvalue weighted by molar-refractivity contribution is 5.64. The van der Waals surface area contributed by atoms with Gasteiger partial charge in [-0.2, -0.15) is 0 Å². The van der Waals surface area contributed by atoms with Gasteiger partial charge in [0.2, 0.25) is 5.88 Å². The van der Waals surface area contributed by atoms with Gasteiger partial charge < -0.3 is 14.7 Å². The second-order valence-corrected chi connectivity index (χ2v) is 6.52. The molecule has 1 N–H and O–H groups in total. The minimum absolute atomic E-state index is 0.0354. The Hall–Kier alpha value is -2.66. The summed E-state index contributed by atoms with van der Waals surface area (Å²) in [6, 6.07) is 16.8. The van der Waals surface area contributed by atoms with Crippen molar-refractivity contribution in [2.75, 3.05) is 32.6 Å². The van der Waals surface area contributed by atoms with E-state index in [1.54, 1.807) is 6.07 Å². The lowest BCUT2D eigenvalue weighted by atomic mass is 9.95. The molecule has 0 amide bonds. The van der Waals surface area contributed by atoms with E-state index in [4.69, 9.17) is 4.52 Å². The zero-order valence-corrected chi connectivity index (χ0v) is 16.7. The summed E-state index contributed by atoms with van der Waals surface area (Å²) < 4.78 is 19.8. The Morgan fingerprint density at radius 2 is 1.78 bits per heavy atom. The lowest BCUT2D eigenvalue weighted by molar-refractivity contribution is 0.413. The van der Waals surface area contributed by atoms with E-state index in [9.17, 15) is 4.39 Å². The van der Waals surface area contributed by atoms with Crippen LogP contribution in [0.4, 0.5) is 10.3 Å². The van der Waals surface area contributed by atoms with Crippen LogP contribution in [0.1, 0.15) is 31.0 Å². The van der Waals surface area contributed by atoms with E-state index in [2.05, 4.69) is 17.4 Å². The molecule has 3 aromatic rings. The topological polar surface area (TPSA) is 41.3 Å². The zero-order valence-electron chi connectivity index (χ0n) is 16.7. The van der Waals surface area contributed by atoms with Crippen molar-refractivity contribution in [3.05, 3.63) is 71.7 Å². The quantitative estimate of drug-likeness (QED) is 0.693. The zero-order chi connectivity index (χ0) is 19.8. The SMILES string of the molecule is CC(c1ccc(-c2ccccc2)c(F)c1)c1cc(N(C)C)on1.CCNC. The molecule has 1 unspecified atom stereocenters. The number of halogens is 1. The molecule has 1 aromatic heterocycles. The number of hydrogen-bond donors (Lipinski definition) is 1. The van der Waals surface area contributed by atoms with Crippen LogP contribution in [-0.2, 0) is 0 Å². The minimum Gasteiger partial charge on any atom is -0.347 e. The van der Waals surface area contributed by atoms with Gasteiger partial charge in [-0.05, 0) is 30.8 Å². The van der Waals surface area contributed by atoms with Crippen LogP contribution in [0.2, 0.25) is 0 Å². The third-order valence-corrected chi connectivity index (χ3v) is 4.33. The van der Waals surface area contributed by atoms with E-state index in [0.717, 1.165) is 23.4 Å². The van der Waals surface area contributed by atoms with Crippen molar-refractivity contribution in [2.24, 2.45) is 0 Å². The molecule has 4 nitrogen and oxygen atoms in total. The molecule has 3 rings (SSSR count). The van der Waals surface area contributed by atoms with Gasteiger partial charge in [-0.15, -0.1) is 0 Å². The van der Waals surface area contributed by atoms with Gasteiger partial charge in [-0.3, -0.25) is 0 Å². The molecule has 0 radical (unpaired) electrons. The monoisotopic (exact) mass is 369 g/mol. The molecule has 0 aliphatic heterocycles. The fourth-order valence-corrected chi connectivity index (χ4v) is 2.52. The van der Waals surface area contributed by atoms with Gasteiger partial charge in [0.15, 0.2) is 0 Å². The molecule has 27 heavy (non-hydrogen) atoms. The smallest absolute Gasteiger partial charge is 0.226 e. The van der Waals surface area contributed by atoms with Crippen molar-refractivity contribution in [2.45, 2.75) is 19.8 Å². The van der Waals surface area contributed by atoms with Crippen molar-refractivity contribution >= 4 is 5.88 Å². The van der Waals surface area contributed by atoms with E-state index in [0.29, 0.717) is 11.4 Å². The second kappa shape index (κ2) is 9.88. The molecule has 0 aliphatic rings. The summed E-state index contributed by atoms with van der Waals surface area (Å²) in [6.07, 6.45) is 0. The highest BCUT2D eigenvalue weighted by Crippen LogP contribution is 2.30. The number of aromatic nitrogens is 1. The summed E-state index contributed by atoms with van der Waals surface area (Å²) in [6.45, 7) is 5.13. The van der Waals surface area contributed by atoms with Crippen molar-refractivity contribution in [3.8, 4) is 11.1 Å². The van der Waals surface area contributed by atoms with Gasteiger partial charge in [0.05, 0.1) is 5.69 Å². The highest BCUT2D eigenvalue weighted by atomic mass is 19.1. The van der Waals surface area contributed by atoms with E-state index in [1.807, 2.05) is 81.5 Å². The molecule has 1 atom stereocenters. The van der Waals surface area contributed by atoms with E-state index in [-0.39, 0.29) is 11.7 Å². The summed E-state index contributed by atoms with van der Waals surface area (Å²) >= 11 is 0. The molecule has 0 spiro atoms. The first-order valence-electron chi connectivity index (χ1n) is 9.11. The lowest BCUT2D eigenvalue weighted by Gasteiger charge is -2.11. The van der Waals surface area contributed by atoms with Crippen molar-refractivity contribution in [3.63, 3.8) is 0 Å². The number of nitrogens with one attached hydrogen (secondary N) is 1. The van der Waals surface area contributed by atoms with Crippen LogP contribution in [0.25, 0.3) is 11.1 Å². The molecule has 0 bridgehead atoms. The first kappa shape index (κ1) is 20.6. The minimum atomic E-state index is -0.225. The van der Waals surface area contributed by atoms with E-state index in [1.165, 1.54) is 0 Å². The Morgan fingerprint density at radius 1 is 1.11 bits per heavy atom. The largest absolute Gasteiger partial charge is 0.347 e. The third kappa shape index (κ3) is 5.41. The molecule has 0 fully saturated rings. The molecule has 5 heteroatoms. The Morgan fingerprint density at radius 3 is 2.30 bits per heavy atom. The summed E-state index contributed by atoms with van der Waals surface area (Å²) in [5, 5.41) is 7.02. The van der Waals surface area contributed by atoms with Crippen LogP contribution in [0, 0.1) is 5.82 Å². The molecule has 2 aromatic carbocycles. The van der Waals surface area contributed by atoms with Crippen molar-refractivity contribution < 1.29 is 8.91 Å². The fourth-order valence-electron chi connectivity index (χ4n) is 2.52. The third-order valence-electron chi connectivity index (χ3n) is 4.33. The molecule has 144 valence electrons. The predicted octanol–water partition coefficient (Wildman–Crippen LogP) is 4.92. The Labute approximate surface area is 161 Å². The van der Waals surface area contributed by atoms with Crippen LogP contribution in [0.15, 0.2) is 59.1 Å². The molecule has 1 heterocycles. The van der Waals surface area contributed by atoms with Gasteiger partial charge in [-0.25, -0.2) is 4.39 Å². The molecular formula is C22H28FN3O. The van der Waals surface area contributed by atoms with Crippen LogP contribution in [0.3, 0.4) is 0 Å². The molecule has 0 aliphatic carbocycles. The van der Waals surface area contributed by atoms with Crippen LogP contribution >= 0.6 is 0 Å². The van der Waals surface area contributed by atoms with Gasteiger partial charge in [-0.1, -0.05) is 61.5 Å². The van der Waals surface area contributed by atoms with Crippen molar-refractivity contribution in [1.82, 2.24) is 10.5 Å². The first-order chi connectivity index (χ1) is 13.0. The predicted molar refractivity (Wildman–Crippen MR) is 110 cm³/mol. The number of nitrogens with zero attached hydrogens (tertiary/aromatic N) is 2. The van der Waals surface area contributed by atoms with Gasteiger partial charge >= 0.3 is 0 Å². The van der Waals surface area contributed by atoms with E-state index < -0.39 is 0 Å². The normalized spacial score (nSPS) is 11.5. The van der Waals surface area contributed by atoms with Gasteiger partial charge in [0.1, 0.15) is 5.82 Å². The van der Waals surface area contributed by atoms with Crippen LogP contribution < -0.4 is 10.2 Å². The Kier molecular flexibility index (Phi) is 7.55. The summed E-state index contributed by atoms with van der Waals surface area (Å²) in [4.78, 5) is 1.85. The lowest BCUT2D eigenvalue weighted by Crippen LogP contribution is -2.07. The first-order valence-corrected chi connectivity index (χ1v) is 9.11. The maximum absolute atomic E-state index is 14.5. The van der Waals surface area contributed by atoms with E-state index >= 15 is 0 Å². The highest BCUT2D eigenvalue weighted by Gasteiger charge is 2.16. The molecule has 0 saturated carbocycles. The summed E-state index contributed by atoms with van der Waals surface area (Å²) in [7, 11) is 5.71. The molecule has 0 saturated heterocycles. The second-order valence-electron chi connectivity index (χ2n) is 6.52.